The van der Waals surface area contributed by atoms with E-state index in [1.165, 1.54) is 18.1 Å². The molecule has 0 saturated heterocycles. The number of ether oxygens (including phenoxy) is 2. The minimum Gasteiger partial charge on any atom is -0.493 e. The number of hydrogen-bond acceptors (Lipinski definition) is 4. The van der Waals surface area contributed by atoms with E-state index in [0.29, 0.717) is 17.1 Å². The lowest BCUT2D eigenvalue weighted by atomic mass is 10.1. The van der Waals surface area contributed by atoms with Crippen LogP contribution >= 0.6 is 0 Å². The van der Waals surface area contributed by atoms with E-state index in [4.69, 9.17) is 9.47 Å². The number of carbonyl (C=O) groups is 2. The molecule has 7 heteroatoms. The van der Waals surface area contributed by atoms with Gasteiger partial charge in [0.15, 0.2) is 18.1 Å². The number of halogens is 1. The molecule has 0 heterocycles. The first kappa shape index (κ1) is 23.2. The SMILES string of the molecule is CC[C@@H](C)NC(=O)[C@H](C)N(Cc1ccccc1F)C(=O)COc1ccccc1OC. The number of methoxy groups -OCH3 is 1. The van der Waals surface area contributed by atoms with Crippen molar-refractivity contribution in [2.75, 3.05) is 13.7 Å². The van der Waals surface area contributed by atoms with E-state index < -0.39 is 17.8 Å². The molecule has 2 aromatic rings. The van der Waals surface area contributed by atoms with Gasteiger partial charge in [-0.1, -0.05) is 37.3 Å². The minimum atomic E-state index is -0.799. The molecule has 30 heavy (non-hydrogen) atoms. The van der Waals surface area contributed by atoms with Crippen LogP contribution in [0.1, 0.15) is 32.8 Å². The molecular weight excluding hydrogens is 387 g/mol. The van der Waals surface area contributed by atoms with E-state index in [1.54, 1.807) is 49.4 Å². The summed E-state index contributed by atoms with van der Waals surface area (Å²) in [5.74, 6) is -0.262. The molecule has 0 aromatic heterocycles. The molecule has 2 aromatic carbocycles. The van der Waals surface area contributed by atoms with Gasteiger partial charge in [-0.2, -0.15) is 0 Å². The van der Waals surface area contributed by atoms with Crippen molar-refractivity contribution < 1.29 is 23.5 Å². The fourth-order valence-electron chi connectivity index (χ4n) is 2.82. The summed E-state index contributed by atoms with van der Waals surface area (Å²) in [5, 5.41) is 2.87. The monoisotopic (exact) mass is 416 g/mol. The van der Waals surface area contributed by atoms with Crippen LogP contribution in [0.5, 0.6) is 11.5 Å². The van der Waals surface area contributed by atoms with Crippen LogP contribution in [0.2, 0.25) is 0 Å². The third-order valence-corrected chi connectivity index (χ3v) is 4.89. The Morgan fingerprint density at radius 3 is 2.33 bits per heavy atom. The highest BCUT2D eigenvalue weighted by molar-refractivity contribution is 5.88. The normalized spacial score (nSPS) is 12.6. The Kier molecular flexibility index (Phi) is 8.65. The Morgan fingerprint density at radius 2 is 1.70 bits per heavy atom. The number of nitrogens with zero attached hydrogens (tertiary/aromatic N) is 1. The summed E-state index contributed by atoms with van der Waals surface area (Å²) in [6.07, 6.45) is 0.761. The van der Waals surface area contributed by atoms with E-state index >= 15 is 0 Å². The molecule has 0 bridgehead atoms. The van der Waals surface area contributed by atoms with Crippen LogP contribution in [0.3, 0.4) is 0 Å². The highest BCUT2D eigenvalue weighted by Crippen LogP contribution is 2.26. The van der Waals surface area contributed by atoms with Gasteiger partial charge >= 0.3 is 0 Å². The fourth-order valence-corrected chi connectivity index (χ4v) is 2.82. The van der Waals surface area contributed by atoms with Crippen molar-refractivity contribution in [2.45, 2.75) is 45.8 Å². The first-order chi connectivity index (χ1) is 14.4. The molecule has 0 unspecified atom stereocenters. The molecule has 0 aliphatic carbocycles. The highest BCUT2D eigenvalue weighted by Gasteiger charge is 2.28. The average Bonchev–Trinajstić information content (AvgIpc) is 2.76. The third-order valence-electron chi connectivity index (χ3n) is 4.89. The van der Waals surface area contributed by atoms with Crippen LogP contribution in [0.15, 0.2) is 48.5 Å². The van der Waals surface area contributed by atoms with E-state index in [-0.39, 0.29) is 25.1 Å². The van der Waals surface area contributed by atoms with E-state index in [1.807, 2.05) is 13.8 Å². The van der Waals surface area contributed by atoms with Crippen molar-refractivity contribution in [1.82, 2.24) is 10.2 Å². The molecule has 6 nitrogen and oxygen atoms in total. The van der Waals surface area contributed by atoms with Gasteiger partial charge in [0.05, 0.1) is 7.11 Å². The zero-order chi connectivity index (χ0) is 22.1. The standard InChI is InChI=1S/C23H29FN2O4/c1-5-16(2)25-23(28)17(3)26(14-18-10-6-7-11-19(18)24)22(27)15-30-21-13-9-8-12-20(21)29-4/h6-13,16-17H,5,14-15H2,1-4H3,(H,25,28)/t16-,17+/m1/s1. The van der Waals surface area contributed by atoms with Crippen molar-refractivity contribution in [2.24, 2.45) is 0 Å². The number of amides is 2. The molecule has 2 atom stereocenters. The Morgan fingerprint density at radius 1 is 1.07 bits per heavy atom. The molecule has 2 amide bonds. The van der Waals surface area contributed by atoms with Gasteiger partial charge in [0.25, 0.3) is 5.91 Å². The molecular formula is C23H29FN2O4. The maximum absolute atomic E-state index is 14.2. The van der Waals surface area contributed by atoms with Gasteiger partial charge in [-0.3, -0.25) is 9.59 Å². The van der Waals surface area contributed by atoms with Gasteiger partial charge in [-0.05, 0) is 38.5 Å². The van der Waals surface area contributed by atoms with Gasteiger partial charge in [0, 0.05) is 18.2 Å². The van der Waals surface area contributed by atoms with Crippen LogP contribution < -0.4 is 14.8 Å². The molecule has 162 valence electrons. The van der Waals surface area contributed by atoms with Crippen LogP contribution in [0, 0.1) is 5.82 Å². The Bertz CT molecular complexity index is 859. The van der Waals surface area contributed by atoms with Gasteiger partial charge in [-0.15, -0.1) is 0 Å². The Hall–Kier alpha value is -3.09. The lowest BCUT2D eigenvalue weighted by molar-refractivity contribution is -0.142. The molecule has 0 aliphatic rings. The summed E-state index contributed by atoms with van der Waals surface area (Å²) in [7, 11) is 1.51. The van der Waals surface area contributed by atoms with Crippen LogP contribution in [-0.2, 0) is 16.1 Å². The first-order valence-corrected chi connectivity index (χ1v) is 9.96. The number of rotatable bonds is 10. The smallest absolute Gasteiger partial charge is 0.261 e. The molecule has 0 radical (unpaired) electrons. The summed E-state index contributed by atoms with van der Waals surface area (Å²) < 4.78 is 25.1. The van der Waals surface area contributed by atoms with Gasteiger partial charge in [0.2, 0.25) is 5.91 Å². The predicted molar refractivity (Wildman–Crippen MR) is 113 cm³/mol. The summed E-state index contributed by atoms with van der Waals surface area (Å²) in [6, 6.07) is 12.3. The summed E-state index contributed by atoms with van der Waals surface area (Å²) >= 11 is 0. The summed E-state index contributed by atoms with van der Waals surface area (Å²) in [6.45, 7) is 5.11. The summed E-state index contributed by atoms with van der Waals surface area (Å²) in [4.78, 5) is 27.0. The molecule has 1 N–H and O–H groups in total. The molecule has 0 spiro atoms. The minimum absolute atomic E-state index is 0.0322. The number of carbonyl (C=O) groups excluding carboxylic acids is 2. The molecule has 2 rings (SSSR count). The Labute approximate surface area is 177 Å². The number of nitrogens with one attached hydrogen (secondary N) is 1. The zero-order valence-corrected chi connectivity index (χ0v) is 17.9. The fraction of sp³-hybridized carbons (Fsp3) is 0.391. The second kappa shape index (κ2) is 11.2. The van der Waals surface area contributed by atoms with Crippen LogP contribution in [-0.4, -0.2) is 42.5 Å². The zero-order valence-electron chi connectivity index (χ0n) is 17.9. The van der Waals surface area contributed by atoms with E-state index in [9.17, 15) is 14.0 Å². The number of para-hydroxylation sites is 2. The lowest BCUT2D eigenvalue weighted by Crippen LogP contribution is -2.50. The van der Waals surface area contributed by atoms with Crippen LogP contribution in [0.25, 0.3) is 0 Å². The quantitative estimate of drug-likeness (QED) is 0.643. The maximum atomic E-state index is 14.2. The number of benzene rings is 2. The van der Waals surface area contributed by atoms with Crippen LogP contribution in [0.4, 0.5) is 4.39 Å². The second-order valence-corrected chi connectivity index (χ2v) is 7.05. The number of hydrogen-bond donors (Lipinski definition) is 1. The van der Waals surface area contributed by atoms with Gasteiger partial charge in [-0.25, -0.2) is 4.39 Å². The molecule has 0 saturated carbocycles. The van der Waals surface area contributed by atoms with Crippen molar-refractivity contribution in [1.29, 1.82) is 0 Å². The summed E-state index contributed by atoms with van der Waals surface area (Å²) in [5.41, 5.74) is 0.325. The highest BCUT2D eigenvalue weighted by atomic mass is 19.1. The largest absolute Gasteiger partial charge is 0.493 e. The first-order valence-electron chi connectivity index (χ1n) is 9.96. The predicted octanol–water partition coefficient (Wildman–Crippen LogP) is 3.55. The second-order valence-electron chi connectivity index (χ2n) is 7.05. The average molecular weight is 416 g/mol. The Balaban J connectivity index is 2.19. The van der Waals surface area contributed by atoms with Crippen molar-refractivity contribution in [3.05, 3.63) is 59.9 Å². The molecule has 0 aliphatic heterocycles. The molecule has 0 fully saturated rings. The van der Waals surface area contributed by atoms with E-state index in [0.717, 1.165) is 6.42 Å². The van der Waals surface area contributed by atoms with Crippen molar-refractivity contribution in [3.63, 3.8) is 0 Å². The van der Waals surface area contributed by atoms with Gasteiger partial charge in [0.1, 0.15) is 11.9 Å². The van der Waals surface area contributed by atoms with Crippen molar-refractivity contribution in [3.8, 4) is 11.5 Å². The van der Waals surface area contributed by atoms with Gasteiger partial charge < -0.3 is 19.7 Å². The maximum Gasteiger partial charge on any atom is 0.261 e. The lowest BCUT2D eigenvalue weighted by Gasteiger charge is -2.29. The van der Waals surface area contributed by atoms with E-state index in [2.05, 4.69) is 5.32 Å². The van der Waals surface area contributed by atoms with Crippen molar-refractivity contribution >= 4 is 11.8 Å². The topological polar surface area (TPSA) is 67.9 Å². The third kappa shape index (κ3) is 6.20.